The third-order valence-electron chi connectivity index (χ3n) is 3.93. The number of carbonyl (C=O) groups excluding carboxylic acids is 2. The van der Waals surface area contributed by atoms with Crippen molar-refractivity contribution in [2.24, 2.45) is 0 Å². The molecule has 0 spiro atoms. The van der Waals surface area contributed by atoms with Crippen molar-refractivity contribution in [3.63, 3.8) is 0 Å². The minimum atomic E-state index is -0.389. The maximum absolute atomic E-state index is 12.3. The molecule has 0 unspecified atom stereocenters. The minimum absolute atomic E-state index is 0.0797. The van der Waals surface area contributed by atoms with E-state index in [0.717, 1.165) is 10.4 Å². The number of benzene rings is 1. The Balaban J connectivity index is 1.30. The molecule has 2 N–H and O–H groups in total. The van der Waals surface area contributed by atoms with E-state index in [2.05, 4.69) is 20.6 Å². The van der Waals surface area contributed by atoms with Crippen LogP contribution >= 0.6 is 34.3 Å². The lowest BCUT2D eigenvalue weighted by Gasteiger charge is -2.00. The van der Waals surface area contributed by atoms with Gasteiger partial charge in [-0.15, -0.1) is 22.7 Å². The maximum Gasteiger partial charge on any atom is 0.293 e. The molecule has 3 aromatic heterocycles. The Bertz CT molecular complexity index is 1170. The van der Waals surface area contributed by atoms with Gasteiger partial charge in [0, 0.05) is 27.9 Å². The number of aromatic nitrogens is 2. The molecule has 152 valence electrons. The van der Waals surface area contributed by atoms with Gasteiger partial charge in [0.15, 0.2) is 16.0 Å². The SMILES string of the molecule is O=C(Cc1csc(NC(=O)c2ccco2)n1)Nc1ncc(Cc2cccc(Cl)c2)s1. The molecule has 30 heavy (non-hydrogen) atoms. The van der Waals surface area contributed by atoms with E-state index >= 15 is 0 Å². The summed E-state index contributed by atoms with van der Waals surface area (Å²) in [5.74, 6) is -0.421. The number of hydrogen-bond acceptors (Lipinski definition) is 7. The summed E-state index contributed by atoms with van der Waals surface area (Å²) in [6.07, 6.45) is 3.94. The normalized spacial score (nSPS) is 10.7. The van der Waals surface area contributed by atoms with Gasteiger partial charge in [-0.25, -0.2) is 9.97 Å². The molecule has 0 saturated heterocycles. The first kappa shape index (κ1) is 20.3. The molecule has 0 aliphatic heterocycles. The zero-order valence-electron chi connectivity index (χ0n) is 15.4. The van der Waals surface area contributed by atoms with E-state index < -0.39 is 0 Å². The van der Waals surface area contributed by atoms with Gasteiger partial charge in [-0.05, 0) is 29.8 Å². The predicted octanol–water partition coefficient (Wildman–Crippen LogP) is 4.87. The third-order valence-corrected chi connectivity index (χ3v) is 5.88. The van der Waals surface area contributed by atoms with Gasteiger partial charge in [-0.1, -0.05) is 23.7 Å². The summed E-state index contributed by atoms with van der Waals surface area (Å²) in [7, 11) is 0. The Morgan fingerprint density at radius 2 is 2.03 bits per heavy atom. The van der Waals surface area contributed by atoms with Crippen LogP contribution in [0.5, 0.6) is 0 Å². The van der Waals surface area contributed by atoms with E-state index in [0.29, 0.717) is 27.4 Å². The van der Waals surface area contributed by atoms with Gasteiger partial charge in [0.2, 0.25) is 5.91 Å². The van der Waals surface area contributed by atoms with Crippen LogP contribution in [0, 0.1) is 0 Å². The number of carbonyl (C=O) groups is 2. The van der Waals surface area contributed by atoms with Crippen LogP contribution in [0.15, 0.2) is 58.7 Å². The van der Waals surface area contributed by atoms with Crippen molar-refractivity contribution in [2.75, 3.05) is 10.6 Å². The van der Waals surface area contributed by atoms with E-state index in [1.54, 1.807) is 23.7 Å². The van der Waals surface area contributed by atoms with Crippen molar-refractivity contribution < 1.29 is 14.0 Å². The average Bonchev–Trinajstić information content (AvgIpc) is 3.45. The molecule has 0 aliphatic rings. The molecule has 0 bridgehead atoms. The molecular formula is C20H15ClN4O3S2. The number of nitrogens with one attached hydrogen (secondary N) is 2. The largest absolute Gasteiger partial charge is 0.459 e. The average molecular weight is 459 g/mol. The quantitative estimate of drug-likeness (QED) is 0.411. The second-order valence-corrected chi connectivity index (χ2v) is 8.65. The minimum Gasteiger partial charge on any atom is -0.459 e. The molecule has 2 amide bonds. The van der Waals surface area contributed by atoms with Gasteiger partial charge in [0.25, 0.3) is 5.91 Å². The lowest BCUT2D eigenvalue weighted by atomic mass is 10.1. The highest BCUT2D eigenvalue weighted by atomic mass is 35.5. The molecule has 0 atom stereocenters. The third kappa shape index (κ3) is 5.32. The number of halogens is 1. The smallest absolute Gasteiger partial charge is 0.293 e. The summed E-state index contributed by atoms with van der Waals surface area (Å²) in [5, 5.41) is 8.77. The summed E-state index contributed by atoms with van der Waals surface area (Å²) >= 11 is 8.67. The lowest BCUT2D eigenvalue weighted by Crippen LogP contribution is -2.15. The molecule has 7 nitrogen and oxygen atoms in total. The van der Waals surface area contributed by atoms with Crippen LogP contribution in [0.25, 0.3) is 0 Å². The standard InChI is InChI=1S/C20H15ClN4O3S2/c21-13-4-1-3-12(7-13)8-15-10-22-19(30-15)24-17(26)9-14-11-29-20(23-14)25-18(27)16-5-2-6-28-16/h1-7,10-11H,8-9H2,(H,22,24,26)(H,23,25,27). The van der Waals surface area contributed by atoms with Crippen LogP contribution in [0.1, 0.15) is 26.7 Å². The van der Waals surface area contributed by atoms with Crippen molar-refractivity contribution in [1.29, 1.82) is 0 Å². The van der Waals surface area contributed by atoms with Crippen LogP contribution in [-0.4, -0.2) is 21.8 Å². The van der Waals surface area contributed by atoms with E-state index in [-0.39, 0.29) is 24.0 Å². The zero-order valence-corrected chi connectivity index (χ0v) is 17.8. The van der Waals surface area contributed by atoms with Gasteiger partial charge in [0.05, 0.1) is 18.4 Å². The van der Waals surface area contributed by atoms with Crippen LogP contribution < -0.4 is 10.6 Å². The molecule has 3 heterocycles. The van der Waals surface area contributed by atoms with Gasteiger partial charge in [-0.3, -0.25) is 14.9 Å². The monoisotopic (exact) mass is 458 g/mol. The van der Waals surface area contributed by atoms with Crippen molar-refractivity contribution in [2.45, 2.75) is 12.8 Å². The maximum atomic E-state index is 12.3. The molecule has 4 aromatic rings. The van der Waals surface area contributed by atoms with Gasteiger partial charge in [-0.2, -0.15) is 0 Å². The van der Waals surface area contributed by atoms with Crippen molar-refractivity contribution in [1.82, 2.24) is 9.97 Å². The van der Waals surface area contributed by atoms with Gasteiger partial charge >= 0.3 is 0 Å². The van der Waals surface area contributed by atoms with Crippen molar-refractivity contribution >= 4 is 56.4 Å². The van der Waals surface area contributed by atoms with E-state index in [1.807, 2.05) is 24.3 Å². The van der Waals surface area contributed by atoms with Crippen LogP contribution in [-0.2, 0) is 17.6 Å². The van der Waals surface area contributed by atoms with Gasteiger partial charge in [0.1, 0.15) is 0 Å². The fourth-order valence-corrected chi connectivity index (χ4v) is 4.42. The molecule has 0 aliphatic carbocycles. The second-order valence-electron chi connectivity index (χ2n) is 6.24. The Labute approximate surface area is 184 Å². The fourth-order valence-electron chi connectivity index (χ4n) is 2.64. The van der Waals surface area contributed by atoms with Crippen LogP contribution in [0.3, 0.4) is 0 Å². The Hall–Kier alpha value is -3.01. The number of amides is 2. The van der Waals surface area contributed by atoms with Crippen molar-refractivity contribution in [3.05, 3.63) is 81.2 Å². The summed E-state index contributed by atoms with van der Waals surface area (Å²) in [6.45, 7) is 0. The summed E-state index contributed by atoms with van der Waals surface area (Å²) in [6, 6.07) is 10.8. The van der Waals surface area contributed by atoms with Crippen LogP contribution in [0.2, 0.25) is 5.02 Å². The number of hydrogen-bond donors (Lipinski definition) is 2. The summed E-state index contributed by atoms with van der Waals surface area (Å²) in [4.78, 5) is 33.8. The van der Waals surface area contributed by atoms with Crippen LogP contribution in [0.4, 0.5) is 10.3 Å². The first-order chi connectivity index (χ1) is 14.5. The highest BCUT2D eigenvalue weighted by molar-refractivity contribution is 7.15. The lowest BCUT2D eigenvalue weighted by molar-refractivity contribution is -0.115. The first-order valence-corrected chi connectivity index (χ1v) is 10.9. The molecule has 1 aromatic carbocycles. The zero-order chi connectivity index (χ0) is 20.9. The molecular weight excluding hydrogens is 444 g/mol. The van der Waals surface area contributed by atoms with Gasteiger partial charge < -0.3 is 9.73 Å². The van der Waals surface area contributed by atoms with E-state index in [1.165, 1.54) is 28.9 Å². The summed E-state index contributed by atoms with van der Waals surface area (Å²) < 4.78 is 5.04. The molecule has 0 saturated carbocycles. The van der Waals surface area contributed by atoms with Crippen molar-refractivity contribution in [3.8, 4) is 0 Å². The summed E-state index contributed by atoms with van der Waals surface area (Å²) in [5.41, 5.74) is 1.64. The number of nitrogens with zero attached hydrogens (tertiary/aromatic N) is 2. The number of thiazole rings is 2. The predicted molar refractivity (Wildman–Crippen MR) is 117 cm³/mol. The molecule has 4 rings (SSSR count). The molecule has 0 radical (unpaired) electrons. The first-order valence-electron chi connectivity index (χ1n) is 8.83. The number of furan rings is 1. The Kier molecular flexibility index (Phi) is 6.22. The Morgan fingerprint density at radius 1 is 1.13 bits per heavy atom. The van der Waals surface area contributed by atoms with E-state index in [9.17, 15) is 9.59 Å². The Morgan fingerprint density at radius 3 is 2.83 bits per heavy atom. The number of anilines is 2. The molecule has 10 heteroatoms. The van der Waals surface area contributed by atoms with E-state index in [4.69, 9.17) is 16.0 Å². The molecule has 0 fully saturated rings. The highest BCUT2D eigenvalue weighted by Gasteiger charge is 2.14. The highest BCUT2D eigenvalue weighted by Crippen LogP contribution is 2.23. The second kappa shape index (κ2) is 9.21. The number of rotatable bonds is 7. The topological polar surface area (TPSA) is 97.1 Å². The fraction of sp³-hybridized carbons (Fsp3) is 0.100.